The molecule has 0 aliphatic heterocycles. The Hall–Kier alpha value is -3.72. The van der Waals surface area contributed by atoms with Crippen molar-refractivity contribution in [2.75, 3.05) is 5.32 Å². The molecule has 1 aromatic carbocycles. The molecule has 3 heterocycles. The second-order valence-electron chi connectivity index (χ2n) is 6.50. The van der Waals surface area contributed by atoms with Crippen LogP contribution in [0.25, 0.3) is 22.6 Å². The number of furan rings is 1. The molecule has 9 heteroatoms. The Balaban J connectivity index is 1.34. The molecule has 0 atom stereocenters. The van der Waals surface area contributed by atoms with Gasteiger partial charge in [-0.3, -0.25) is 9.59 Å². The van der Waals surface area contributed by atoms with E-state index in [4.69, 9.17) is 10.2 Å². The van der Waals surface area contributed by atoms with Crippen LogP contribution in [0.3, 0.4) is 0 Å². The van der Waals surface area contributed by atoms with Crippen LogP contribution in [-0.2, 0) is 11.2 Å². The van der Waals surface area contributed by atoms with Crippen molar-refractivity contribution in [3.63, 3.8) is 0 Å². The molecule has 4 N–H and O–H groups in total. The zero-order chi connectivity index (χ0) is 21.1. The van der Waals surface area contributed by atoms with Crippen LogP contribution in [0.1, 0.15) is 22.7 Å². The van der Waals surface area contributed by atoms with Crippen molar-refractivity contribution in [2.24, 2.45) is 5.73 Å². The summed E-state index contributed by atoms with van der Waals surface area (Å²) in [5.74, 6) is -0.113. The first-order chi connectivity index (χ1) is 14.5. The Labute approximate surface area is 174 Å². The maximum atomic E-state index is 13.9. The summed E-state index contributed by atoms with van der Waals surface area (Å²) in [6, 6.07) is 11.4. The third-order valence-electron chi connectivity index (χ3n) is 4.39. The van der Waals surface area contributed by atoms with Crippen LogP contribution in [0, 0.1) is 5.82 Å². The number of amides is 2. The fraction of sp³-hybridized carbons (Fsp3) is 0.0952. The van der Waals surface area contributed by atoms with Crippen LogP contribution in [0.5, 0.6) is 0 Å². The first-order valence-electron chi connectivity index (χ1n) is 9.07. The van der Waals surface area contributed by atoms with Gasteiger partial charge in [0.1, 0.15) is 23.0 Å². The summed E-state index contributed by atoms with van der Waals surface area (Å²) in [5.41, 5.74) is 7.23. The molecule has 0 fully saturated rings. The highest BCUT2D eigenvalue weighted by molar-refractivity contribution is 7.14. The average Bonchev–Trinajstić information content (AvgIpc) is 3.47. The summed E-state index contributed by atoms with van der Waals surface area (Å²) in [4.78, 5) is 30.5. The number of nitrogens with zero attached hydrogens (tertiary/aromatic N) is 1. The van der Waals surface area contributed by atoms with E-state index in [1.807, 2.05) is 0 Å². The largest absolute Gasteiger partial charge is 0.461 e. The number of benzene rings is 1. The number of hydrogen-bond acceptors (Lipinski definition) is 5. The molecule has 0 saturated carbocycles. The SMILES string of the molecule is NC(=O)c1cc(-c2csc(NC(=O)CCc3ccc(-c4ccccc4F)o3)n2)c[nH]1. The minimum Gasteiger partial charge on any atom is -0.461 e. The fourth-order valence-electron chi connectivity index (χ4n) is 2.88. The lowest BCUT2D eigenvalue weighted by Gasteiger charge is -2.01. The number of H-pyrrole nitrogens is 1. The lowest BCUT2D eigenvalue weighted by molar-refractivity contribution is -0.116. The molecule has 4 aromatic rings. The maximum Gasteiger partial charge on any atom is 0.265 e. The Morgan fingerprint density at radius 3 is 2.83 bits per heavy atom. The molecule has 152 valence electrons. The number of rotatable bonds is 7. The molecule has 0 spiro atoms. The van der Waals surface area contributed by atoms with Gasteiger partial charge in [0.15, 0.2) is 5.13 Å². The highest BCUT2D eigenvalue weighted by Crippen LogP contribution is 2.27. The zero-order valence-electron chi connectivity index (χ0n) is 15.6. The fourth-order valence-corrected chi connectivity index (χ4v) is 3.62. The first kappa shape index (κ1) is 19.6. The minimum atomic E-state index is -0.555. The molecular weight excluding hydrogens is 407 g/mol. The van der Waals surface area contributed by atoms with Gasteiger partial charge in [-0.15, -0.1) is 11.3 Å². The summed E-state index contributed by atoms with van der Waals surface area (Å²) in [5, 5.41) is 4.97. The van der Waals surface area contributed by atoms with E-state index in [9.17, 15) is 14.0 Å². The van der Waals surface area contributed by atoms with Gasteiger partial charge in [0.2, 0.25) is 5.91 Å². The number of thiazole rings is 1. The molecule has 0 bridgehead atoms. The van der Waals surface area contributed by atoms with Crippen molar-refractivity contribution in [1.29, 1.82) is 0 Å². The van der Waals surface area contributed by atoms with E-state index >= 15 is 0 Å². The van der Waals surface area contributed by atoms with E-state index in [-0.39, 0.29) is 23.8 Å². The number of nitrogens with two attached hydrogens (primary N) is 1. The van der Waals surface area contributed by atoms with Crippen LogP contribution < -0.4 is 11.1 Å². The molecule has 0 aliphatic carbocycles. The average molecular weight is 424 g/mol. The smallest absolute Gasteiger partial charge is 0.265 e. The summed E-state index contributed by atoms with van der Waals surface area (Å²) in [6.45, 7) is 0. The lowest BCUT2D eigenvalue weighted by atomic mass is 10.1. The number of nitrogens with one attached hydrogen (secondary N) is 2. The Morgan fingerprint density at radius 2 is 2.07 bits per heavy atom. The van der Waals surface area contributed by atoms with Crippen LogP contribution in [0.4, 0.5) is 9.52 Å². The maximum absolute atomic E-state index is 13.9. The monoisotopic (exact) mass is 424 g/mol. The van der Waals surface area contributed by atoms with Gasteiger partial charge >= 0.3 is 0 Å². The standard InChI is InChI=1S/C21H17FN4O3S/c22-15-4-2-1-3-14(15)18-7-5-13(29-18)6-8-19(27)26-21-25-17(11-30-21)12-9-16(20(23)28)24-10-12/h1-5,7,9-11,24H,6,8H2,(H2,23,28)(H,25,26,27). The van der Waals surface area contributed by atoms with Crippen molar-refractivity contribution in [3.05, 3.63) is 71.3 Å². The van der Waals surface area contributed by atoms with Gasteiger partial charge in [0.25, 0.3) is 5.91 Å². The van der Waals surface area contributed by atoms with Gasteiger partial charge in [-0.05, 0) is 30.3 Å². The highest BCUT2D eigenvalue weighted by atomic mass is 32.1. The number of anilines is 1. The number of hydrogen-bond donors (Lipinski definition) is 3. The molecule has 0 unspecified atom stereocenters. The predicted molar refractivity (Wildman–Crippen MR) is 111 cm³/mol. The number of aryl methyl sites for hydroxylation is 1. The van der Waals surface area contributed by atoms with Crippen molar-refractivity contribution >= 4 is 28.3 Å². The third kappa shape index (κ3) is 4.31. The number of carbonyl (C=O) groups excluding carboxylic acids is 2. The van der Waals surface area contributed by atoms with Gasteiger partial charge in [-0.2, -0.15) is 0 Å². The number of carbonyl (C=O) groups is 2. The van der Waals surface area contributed by atoms with Crippen molar-refractivity contribution in [1.82, 2.24) is 9.97 Å². The van der Waals surface area contributed by atoms with Gasteiger partial charge < -0.3 is 20.5 Å². The third-order valence-corrected chi connectivity index (χ3v) is 5.15. The highest BCUT2D eigenvalue weighted by Gasteiger charge is 2.13. The van der Waals surface area contributed by atoms with Gasteiger partial charge in [-0.1, -0.05) is 12.1 Å². The van der Waals surface area contributed by atoms with E-state index in [0.717, 1.165) is 0 Å². The first-order valence-corrected chi connectivity index (χ1v) is 9.95. The van der Waals surface area contributed by atoms with E-state index < -0.39 is 5.91 Å². The number of primary amides is 1. The van der Waals surface area contributed by atoms with Crippen LogP contribution >= 0.6 is 11.3 Å². The molecule has 4 rings (SSSR count). The number of halogens is 1. The Bertz CT molecular complexity index is 1210. The summed E-state index contributed by atoms with van der Waals surface area (Å²) in [6.07, 6.45) is 2.19. The van der Waals surface area contributed by atoms with Crippen molar-refractivity contribution in [3.8, 4) is 22.6 Å². The van der Waals surface area contributed by atoms with Crippen molar-refractivity contribution in [2.45, 2.75) is 12.8 Å². The minimum absolute atomic E-state index is 0.190. The molecule has 0 radical (unpaired) electrons. The molecule has 3 aromatic heterocycles. The van der Waals surface area contributed by atoms with Crippen molar-refractivity contribution < 1.29 is 18.4 Å². The van der Waals surface area contributed by atoms with Crippen LogP contribution in [0.15, 0.2) is 58.5 Å². The molecule has 0 aliphatic rings. The quantitative estimate of drug-likeness (QED) is 0.412. The molecule has 30 heavy (non-hydrogen) atoms. The summed E-state index contributed by atoms with van der Waals surface area (Å²) >= 11 is 1.28. The second-order valence-corrected chi connectivity index (χ2v) is 7.36. The Morgan fingerprint density at radius 1 is 1.23 bits per heavy atom. The van der Waals surface area contributed by atoms with Gasteiger partial charge in [0.05, 0.1) is 11.3 Å². The summed E-state index contributed by atoms with van der Waals surface area (Å²) in [7, 11) is 0. The van der Waals surface area contributed by atoms with E-state index in [1.54, 1.807) is 48.0 Å². The topological polar surface area (TPSA) is 114 Å². The van der Waals surface area contributed by atoms with Crippen LogP contribution in [0.2, 0.25) is 0 Å². The van der Waals surface area contributed by atoms with E-state index in [2.05, 4.69) is 15.3 Å². The molecule has 2 amide bonds. The van der Waals surface area contributed by atoms with E-state index in [1.165, 1.54) is 17.4 Å². The second kappa shape index (κ2) is 8.34. The molecule has 0 saturated heterocycles. The van der Waals surface area contributed by atoms with Gasteiger partial charge in [0, 0.05) is 30.0 Å². The molecular formula is C21H17FN4O3S. The normalized spacial score (nSPS) is 10.8. The lowest BCUT2D eigenvalue weighted by Crippen LogP contribution is -2.11. The summed E-state index contributed by atoms with van der Waals surface area (Å²) < 4.78 is 19.5. The Kier molecular flexibility index (Phi) is 5.44. The van der Waals surface area contributed by atoms with E-state index in [0.29, 0.717) is 39.9 Å². The predicted octanol–water partition coefficient (Wildman–Crippen LogP) is 4.21. The number of aromatic amines is 1. The number of aromatic nitrogens is 2. The van der Waals surface area contributed by atoms with Crippen LogP contribution in [-0.4, -0.2) is 21.8 Å². The molecule has 7 nitrogen and oxygen atoms in total. The van der Waals surface area contributed by atoms with Gasteiger partial charge in [-0.25, -0.2) is 9.37 Å². The zero-order valence-corrected chi connectivity index (χ0v) is 16.5.